The standard InChI is InChI=1S/C11H13ClN4O3S/c1-6-9(7(2)19-16-6)5-15-20(17,18)8-3-10(12)11(13)14-4-8/h3-4,15H,5H2,1-2H3,(H2,13,14). The molecule has 0 radical (unpaired) electrons. The monoisotopic (exact) mass is 316 g/mol. The number of hydrogen-bond donors (Lipinski definition) is 2. The fourth-order valence-electron chi connectivity index (χ4n) is 1.58. The van der Waals surface area contributed by atoms with Crippen molar-refractivity contribution in [2.24, 2.45) is 0 Å². The highest BCUT2D eigenvalue weighted by molar-refractivity contribution is 7.89. The second kappa shape index (κ2) is 5.39. The molecule has 2 aromatic heterocycles. The van der Waals surface area contributed by atoms with Crippen molar-refractivity contribution in [1.82, 2.24) is 14.9 Å². The van der Waals surface area contributed by atoms with Gasteiger partial charge < -0.3 is 10.3 Å². The maximum Gasteiger partial charge on any atom is 0.242 e. The molecule has 108 valence electrons. The Balaban J connectivity index is 2.21. The van der Waals surface area contributed by atoms with E-state index in [1.54, 1.807) is 13.8 Å². The number of nitrogens with zero attached hydrogens (tertiary/aromatic N) is 2. The highest BCUT2D eigenvalue weighted by Gasteiger charge is 2.18. The topological polar surface area (TPSA) is 111 Å². The number of halogens is 1. The summed E-state index contributed by atoms with van der Waals surface area (Å²) < 4.78 is 31.6. The Morgan fingerprint density at radius 1 is 1.45 bits per heavy atom. The van der Waals surface area contributed by atoms with Gasteiger partial charge in [-0.15, -0.1) is 0 Å². The Kier molecular flexibility index (Phi) is 3.98. The van der Waals surface area contributed by atoms with Gasteiger partial charge in [0.1, 0.15) is 16.5 Å². The summed E-state index contributed by atoms with van der Waals surface area (Å²) in [6, 6.07) is 1.25. The van der Waals surface area contributed by atoms with Crippen LogP contribution < -0.4 is 10.5 Å². The number of aryl methyl sites for hydroxylation is 2. The van der Waals surface area contributed by atoms with Gasteiger partial charge in [-0.1, -0.05) is 16.8 Å². The lowest BCUT2D eigenvalue weighted by molar-refractivity contribution is 0.392. The summed E-state index contributed by atoms with van der Waals surface area (Å²) in [7, 11) is -3.73. The summed E-state index contributed by atoms with van der Waals surface area (Å²) in [4.78, 5) is 3.67. The van der Waals surface area contributed by atoms with Crippen LogP contribution in [0.4, 0.5) is 5.82 Å². The summed E-state index contributed by atoms with van der Waals surface area (Å²) in [6.07, 6.45) is 1.15. The number of pyridine rings is 1. The molecule has 2 heterocycles. The van der Waals surface area contributed by atoms with Gasteiger partial charge in [0.05, 0.1) is 10.7 Å². The van der Waals surface area contributed by atoms with E-state index in [-0.39, 0.29) is 22.3 Å². The first kappa shape index (κ1) is 14.8. The number of nitrogen functional groups attached to an aromatic ring is 1. The molecular weight excluding hydrogens is 304 g/mol. The van der Waals surface area contributed by atoms with E-state index < -0.39 is 10.0 Å². The van der Waals surface area contributed by atoms with Gasteiger partial charge in [-0.2, -0.15) is 0 Å². The molecule has 2 aromatic rings. The molecule has 0 fully saturated rings. The lowest BCUT2D eigenvalue weighted by atomic mass is 10.2. The van der Waals surface area contributed by atoms with E-state index in [1.165, 1.54) is 6.07 Å². The van der Waals surface area contributed by atoms with Gasteiger partial charge in [0, 0.05) is 18.3 Å². The second-order valence-electron chi connectivity index (χ2n) is 4.17. The Labute approximate surface area is 121 Å². The molecule has 9 heteroatoms. The molecule has 0 saturated carbocycles. The minimum absolute atomic E-state index is 0.0524. The van der Waals surface area contributed by atoms with Crippen LogP contribution in [-0.4, -0.2) is 18.6 Å². The lowest BCUT2D eigenvalue weighted by Gasteiger charge is -2.07. The molecular formula is C11H13ClN4O3S. The third kappa shape index (κ3) is 2.92. The summed E-state index contributed by atoms with van der Waals surface area (Å²) in [5.74, 6) is 0.648. The van der Waals surface area contributed by atoms with E-state index in [0.717, 1.165) is 6.20 Å². The van der Waals surface area contributed by atoms with Crippen molar-refractivity contribution in [3.8, 4) is 0 Å². The summed E-state index contributed by atoms with van der Waals surface area (Å²) in [6.45, 7) is 3.53. The molecule has 3 N–H and O–H groups in total. The van der Waals surface area contributed by atoms with Crippen molar-refractivity contribution in [3.63, 3.8) is 0 Å². The zero-order chi connectivity index (χ0) is 14.9. The van der Waals surface area contributed by atoms with Gasteiger partial charge in [0.25, 0.3) is 0 Å². The minimum Gasteiger partial charge on any atom is -0.382 e. The molecule has 0 aliphatic carbocycles. The molecule has 0 aliphatic heterocycles. The summed E-state index contributed by atoms with van der Waals surface area (Å²) in [5.41, 5.74) is 6.78. The number of nitrogens with two attached hydrogens (primary N) is 1. The van der Waals surface area contributed by atoms with Crippen LogP contribution in [0.3, 0.4) is 0 Å². The molecule has 2 rings (SSSR count). The summed E-state index contributed by atoms with van der Waals surface area (Å²) in [5, 5.41) is 3.84. The lowest BCUT2D eigenvalue weighted by Crippen LogP contribution is -2.24. The fourth-order valence-corrected chi connectivity index (χ4v) is 2.78. The van der Waals surface area contributed by atoms with E-state index in [0.29, 0.717) is 17.0 Å². The Morgan fingerprint density at radius 3 is 2.70 bits per heavy atom. The highest BCUT2D eigenvalue weighted by Crippen LogP contribution is 2.20. The first-order chi connectivity index (χ1) is 9.31. The van der Waals surface area contributed by atoms with E-state index in [4.69, 9.17) is 21.9 Å². The van der Waals surface area contributed by atoms with Crippen molar-refractivity contribution in [1.29, 1.82) is 0 Å². The molecule has 0 amide bonds. The quantitative estimate of drug-likeness (QED) is 0.882. The van der Waals surface area contributed by atoms with Crippen LogP contribution in [0.25, 0.3) is 0 Å². The molecule has 0 atom stereocenters. The highest BCUT2D eigenvalue weighted by atomic mass is 35.5. The fraction of sp³-hybridized carbons (Fsp3) is 0.273. The van der Waals surface area contributed by atoms with Crippen LogP contribution in [0.5, 0.6) is 0 Å². The maximum absolute atomic E-state index is 12.1. The average Bonchev–Trinajstić information content (AvgIpc) is 2.70. The first-order valence-corrected chi connectivity index (χ1v) is 7.50. The van der Waals surface area contributed by atoms with Gasteiger partial charge in [0.15, 0.2) is 0 Å². The second-order valence-corrected chi connectivity index (χ2v) is 6.34. The molecule has 7 nitrogen and oxygen atoms in total. The van der Waals surface area contributed by atoms with Gasteiger partial charge in [-0.25, -0.2) is 18.1 Å². The molecule has 0 aromatic carbocycles. The smallest absolute Gasteiger partial charge is 0.242 e. The van der Waals surface area contributed by atoms with Crippen LogP contribution in [-0.2, 0) is 16.6 Å². The van der Waals surface area contributed by atoms with Crippen molar-refractivity contribution in [2.75, 3.05) is 5.73 Å². The first-order valence-electron chi connectivity index (χ1n) is 5.63. The SMILES string of the molecule is Cc1noc(C)c1CNS(=O)(=O)c1cnc(N)c(Cl)c1. The zero-order valence-corrected chi connectivity index (χ0v) is 12.4. The number of rotatable bonds is 4. The molecule has 0 bridgehead atoms. The van der Waals surface area contributed by atoms with E-state index in [2.05, 4.69) is 14.9 Å². The average molecular weight is 317 g/mol. The largest absolute Gasteiger partial charge is 0.382 e. The number of anilines is 1. The summed E-state index contributed by atoms with van der Waals surface area (Å²) >= 11 is 5.77. The third-order valence-electron chi connectivity index (χ3n) is 2.78. The van der Waals surface area contributed by atoms with Crippen molar-refractivity contribution < 1.29 is 12.9 Å². The van der Waals surface area contributed by atoms with E-state index in [9.17, 15) is 8.42 Å². The van der Waals surface area contributed by atoms with Crippen molar-refractivity contribution in [2.45, 2.75) is 25.3 Å². The van der Waals surface area contributed by atoms with Crippen LogP contribution in [0.1, 0.15) is 17.0 Å². The molecule has 0 aliphatic rings. The van der Waals surface area contributed by atoms with Gasteiger partial charge >= 0.3 is 0 Å². The van der Waals surface area contributed by atoms with Crippen LogP contribution >= 0.6 is 11.6 Å². The van der Waals surface area contributed by atoms with Crippen LogP contribution in [0.2, 0.25) is 5.02 Å². The molecule has 0 spiro atoms. The Bertz CT molecular complexity index is 723. The minimum atomic E-state index is -3.73. The van der Waals surface area contributed by atoms with E-state index in [1.807, 2.05) is 0 Å². The van der Waals surface area contributed by atoms with Gasteiger partial charge in [0.2, 0.25) is 10.0 Å². The number of nitrogens with one attached hydrogen (secondary N) is 1. The predicted octanol–water partition coefficient (Wildman–Crippen LogP) is 1.40. The predicted molar refractivity (Wildman–Crippen MR) is 73.7 cm³/mol. The van der Waals surface area contributed by atoms with Crippen LogP contribution in [0.15, 0.2) is 21.7 Å². The van der Waals surface area contributed by atoms with Gasteiger partial charge in [-0.05, 0) is 19.9 Å². The van der Waals surface area contributed by atoms with Crippen molar-refractivity contribution >= 4 is 27.4 Å². The number of aromatic nitrogens is 2. The number of sulfonamides is 1. The molecule has 0 unspecified atom stereocenters. The van der Waals surface area contributed by atoms with Crippen molar-refractivity contribution in [3.05, 3.63) is 34.3 Å². The molecule has 0 saturated heterocycles. The number of hydrogen-bond acceptors (Lipinski definition) is 6. The normalized spacial score (nSPS) is 11.8. The third-order valence-corrected chi connectivity index (χ3v) is 4.45. The Morgan fingerprint density at radius 2 is 2.15 bits per heavy atom. The zero-order valence-electron chi connectivity index (χ0n) is 10.8. The molecule has 20 heavy (non-hydrogen) atoms. The maximum atomic E-state index is 12.1. The van der Waals surface area contributed by atoms with E-state index >= 15 is 0 Å². The van der Waals surface area contributed by atoms with Gasteiger partial charge in [-0.3, -0.25) is 0 Å². The van der Waals surface area contributed by atoms with Crippen LogP contribution in [0, 0.1) is 13.8 Å². The Hall–Kier alpha value is -1.64.